The molecule has 0 aliphatic heterocycles. The molecular formula is C24H29N5. The Morgan fingerprint density at radius 2 is 1.79 bits per heavy atom. The average molecular weight is 388 g/mol. The molecule has 3 rings (SSSR count). The van der Waals surface area contributed by atoms with Gasteiger partial charge in [-0.05, 0) is 72.7 Å². The molecule has 0 aliphatic carbocycles. The molecule has 0 fully saturated rings. The third kappa shape index (κ3) is 5.21. The smallest absolute Gasteiger partial charge is 0.122 e. The summed E-state index contributed by atoms with van der Waals surface area (Å²) < 4.78 is 0. The maximum Gasteiger partial charge on any atom is 0.122 e. The average Bonchev–Trinajstić information content (AvgIpc) is 2.73. The predicted molar refractivity (Wildman–Crippen MR) is 120 cm³/mol. The maximum atomic E-state index is 7.62. The van der Waals surface area contributed by atoms with Gasteiger partial charge in [0.1, 0.15) is 5.84 Å². The molecule has 6 N–H and O–H groups in total. The van der Waals surface area contributed by atoms with E-state index < -0.39 is 0 Å². The van der Waals surface area contributed by atoms with Crippen molar-refractivity contribution in [3.8, 4) is 0 Å². The summed E-state index contributed by atoms with van der Waals surface area (Å²) in [4.78, 5) is 4.63. The SMILES string of the molecule is Cc1ncc(CNc2ccc(CN)cc2)c(C)c1CCc1cccc(C(=N)N)c1. The highest BCUT2D eigenvalue weighted by Gasteiger charge is 2.10. The Hall–Kier alpha value is -3.18. The van der Waals surface area contributed by atoms with Crippen LogP contribution in [0, 0.1) is 19.3 Å². The normalized spacial score (nSPS) is 10.7. The van der Waals surface area contributed by atoms with Gasteiger partial charge >= 0.3 is 0 Å². The van der Waals surface area contributed by atoms with Crippen LogP contribution < -0.4 is 16.8 Å². The van der Waals surface area contributed by atoms with Crippen molar-refractivity contribution in [2.45, 2.75) is 39.8 Å². The highest BCUT2D eigenvalue weighted by molar-refractivity contribution is 5.95. The second kappa shape index (κ2) is 9.34. The van der Waals surface area contributed by atoms with Crippen LogP contribution in [-0.4, -0.2) is 10.8 Å². The van der Waals surface area contributed by atoms with Crippen LogP contribution in [0.3, 0.4) is 0 Å². The number of hydrogen-bond donors (Lipinski definition) is 4. The van der Waals surface area contributed by atoms with Crippen molar-refractivity contribution in [2.75, 3.05) is 5.32 Å². The lowest BCUT2D eigenvalue weighted by Gasteiger charge is -2.15. The standard InChI is InChI=1S/C24H29N5/c1-16-21(15-29-22-9-6-19(13-25)7-10-22)14-28-17(2)23(16)11-8-18-4-3-5-20(12-18)24(26)27/h3-7,9-10,12,14,29H,8,11,13,15,25H2,1-2H3,(H3,26,27). The minimum atomic E-state index is 0.105. The molecule has 0 saturated carbocycles. The van der Waals surface area contributed by atoms with Crippen molar-refractivity contribution in [1.82, 2.24) is 4.98 Å². The summed E-state index contributed by atoms with van der Waals surface area (Å²) in [5, 5.41) is 11.1. The Balaban J connectivity index is 1.71. The van der Waals surface area contributed by atoms with E-state index in [2.05, 4.69) is 42.3 Å². The van der Waals surface area contributed by atoms with E-state index in [1.807, 2.05) is 36.5 Å². The molecule has 0 spiro atoms. The fourth-order valence-corrected chi connectivity index (χ4v) is 3.48. The van der Waals surface area contributed by atoms with Crippen LogP contribution in [0.25, 0.3) is 0 Å². The van der Waals surface area contributed by atoms with Crippen LogP contribution in [0.15, 0.2) is 54.7 Å². The Kier molecular flexibility index (Phi) is 6.62. The summed E-state index contributed by atoms with van der Waals surface area (Å²) in [6.07, 6.45) is 3.76. The zero-order valence-corrected chi connectivity index (χ0v) is 17.1. The fourth-order valence-electron chi connectivity index (χ4n) is 3.48. The van der Waals surface area contributed by atoms with Gasteiger partial charge in [-0.15, -0.1) is 0 Å². The minimum absolute atomic E-state index is 0.105. The third-order valence-electron chi connectivity index (χ3n) is 5.36. The second-order valence-electron chi connectivity index (χ2n) is 7.34. The molecule has 2 aromatic carbocycles. The summed E-state index contributed by atoms with van der Waals surface area (Å²) in [5.41, 5.74) is 20.3. The summed E-state index contributed by atoms with van der Waals surface area (Å²) in [7, 11) is 0. The van der Waals surface area contributed by atoms with Gasteiger partial charge < -0.3 is 16.8 Å². The molecule has 5 heteroatoms. The lowest BCUT2D eigenvalue weighted by atomic mass is 9.96. The zero-order chi connectivity index (χ0) is 20.8. The number of aromatic nitrogens is 1. The number of rotatable bonds is 8. The van der Waals surface area contributed by atoms with Gasteiger partial charge in [0.05, 0.1) is 0 Å². The molecule has 29 heavy (non-hydrogen) atoms. The lowest BCUT2D eigenvalue weighted by Crippen LogP contribution is -2.11. The second-order valence-corrected chi connectivity index (χ2v) is 7.34. The lowest BCUT2D eigenvalue weighted by molar-refractivity contribution is 0.902. The van der Waals surface area contributed by atoms with Crippen LogP contribution in [0.2, 0.25) is 0 Å². The highest BCUT2D eigenvalue weighted by atomic mass is 14.9. The highest BCUT2D eigenvalue weighted by Crippen LogP contribution is 2.20. The number of nitrogen functional groups attached to an aromatic ring is 1. The minimum Gasteiger partial charge on any atom is -0.384 e. The van der Waals surface area contributed by atoms with E-state index in [9.17, 15) is 0 Å². The van der Waals surface area contributed by atoms with Crippen LogP contribution in [-0.2, 0) is 25.9 Å². The molecule has 0 aliphatic rings. The molecule has 0 amide bonds. The zero-order valence-electron chi connectivity index (χ0n) is 17.1. The number of pyridine rings is 1. The molecular weight excluding hydrogens is 358 g/mol. The van der Waals surface area contributed by atoms with Crippen LogP contribution >= 0.6 is 0 Å². The molecule has 3 aromatic rings. The van der Waals surface area contributed by atoms with Gasteiger partial charge in [0.15, 0.2) is 0 Å². The summed E-state index contributed by atoms with van der Waals surface area (Å²) in [5.74, 6) is 0.105. The number of amidine groups is 1. The van der Waals surface area contributed by atoms with Crippen molar-refractivity contribution in [2.24, 2.45) is 11.5 Å². The maximum absolute atomic E-state index is 7.62. The van der Waals surface area contributed by atoms with Gasteiger partial charge in [0, 0.05) is 36.2 Å². The molecule has 0 unspecified atom stereocenters. The van der Waals surface area contributed by atoms with Crippen LogP contribution in [0.5, 0.6) is 0 Å². The number of hydrogen-bond acceptors (Lipinski definition) is 4. The Morgan fingerprint density at radius 3 is 2.48 bits per heavy atom. The number of aryl methyl sites for hydroxylation is 2. The quantitative estimate of drug-likeness (QED) is 0.348. The van der Waals surface area contributed by atoms with Crippen molar-refractivity contribution in [3.63, 3.8) is 0 Å². The number of nitrogens with zero attached hydrogens (tertiary/aromatic N) is 1. The summed E-state index contributed by atoms with van der Waals surface area (Å²) >= 11 is 0. The number of nitrogens with two attached hydrogens (primary N) is 2. The van der Waals surface area contributed by atoms with E-state index in [0.717, 1.165) is 41.9 Å². The first kappa shape index (κ1) is 20.6. The molecule has 0 radical (unpaired) electrons. The Morgan fingerprint density at radius 1 is 1.03 bits per heavy atom. The van der Waals surface area contributed by atoms with Gasteiger partial charge in [-0.1, -0.05) is 30.3 Å². The summed E-state index contributed by atoms with van der Waals surface area (Å²) in [6.45, 7) is 5.52. The van der Waals surface area contributed by atoms with Gasteiger partial charge in [-0.25, -0.2) is 0 Å². The first-order valence-corrected chi connectivity index (χ1v) is 9.88. The molecule has 1 heterocycles. The topological polar surface area (TPSA) is 101 Å². The van der Waals surface area contributed by atoms with Crippen LogP contribution in [0.1, 0.15) is 39.1 Å². The van der Waals surface area contributed by atoms with E-state index in [1.54, 1.807) is 0 Å². The number of benzene rings is 2. The van der Waals surface area contributed by atoms with Crippen LogP contribution in [0.4, 0.5) is 5.69 Å². The third-order valence-corrected chi connectivity index (χ3v) is 5.36. The Labute approximate surface area is 172 Å². The molecule has 5 nitrogen and oxygen atoms in total. The van der Waals surface area contributed by atoms with E-state index >= 15 is 0 Å². The monoisotopic (exact) mass is 387 g/mol. The van der Waals surface area contributed by atoms with Crippen molar-refractivity contribution >= 4 is 11.5 Å². The van der Waals surface area contributed by atoms with Crippen molar-refractivity contribution in [3.05, 3.63) is 93.8 Å². The van der Waals surface area contributed by atoms with Gasteiger partial charge in [-0.3, -0.25) is 10.4 Å². The van der Waals surface area contributed by atoms with Crippen molar-refractivity contribution in [1.29, 1.82) is 5.41 Å². The van der Waals surface area contributed by atoms with Gasteiger partial charge in [-0.2, -0.15) is 0 Å². The molecule has 150 valence electrons. The van der Waals surface area contributed by atoms with Crippen molar-refractivity contribution < 1.29 is 0 Å². The first-order chi connectivity index (χ1) is 14.0. The van der Waals surface area contributed by atoms with E-state index in [0.29, 0.717) is 6.54 Å². The largest absolute Gasteiger partial charge is 0.384 e. The predicted octanol–water partition coefficient (Wildman–Crippen LogP) is 3.84. The van der Waals surface area contributed by atoms with Gasteiger partial charge in [0.25, 0.3) is 0 Å². The number of anilines is 1. The molecule has 0 saturated heterocycles. The summed E-state index contributed by atoms with van der Waals surface area (Å²) in [6, 6.07) is 16.1. The molecule has 1 aromatic heterocycles. The van der Waals surface area contributed by atoms with E-state index in [4.69, 9.17) is 16.9 Å². The molecule has 0 atom stereocenters. The Bertz CT molecular complexity index is 993. The molecule has 0 bridgehead atoms. The number of nitrogens with one attached hydrogen (secondary N) is 2. The first-order valence-electron chi connectivity index (χ1n) is 9.88. The van der Waals surface area contributed by atoms with Gasteiger partial charge in [0.2, 0.25) is 0 Å². The van der Waals surface area contributed by atoms with E-state index in [1.165, 1.54) is 22.3 Å². The van der Waals surface area contributed by atoms with E-state index in [-0.39, 0.29) is 5.84 Å². The fraction of sp³-hybridized carbons (Fsp3) is 0.250.